The first-order valence-electron chi connectivity index (χ1n) is 3.31. The third-order valence-electron chi connectivity index (χ3n) is 1.57. The van der Waals surface area contributed by atoms with Gasteiger partial charge < -0.3 is 0 Å². The fraction of sp³-hybridized carbons (Fsp3) is 0. The van der Waals surface area contributed by atoms with Crippen molar-refractivity contribution < 1.29 is 0 Å². The Balaban J connectivity index is 2.92. The molecular weight excluding hydrogens is 136 g/mol. The third-order valence-corrected chi connectivity index (χ3v) is 1.57. The second-order valence-electron chi connectivity index (χ2n) is 2.22. The number of fused-ring (bicyclic) bond motifs is 1. The van der Waals surface area contributed by atoms with Crippen LogP contribution >= 0.6 is 0 Å². The number of aromatic nitrogens is 2. The van der Waals surface area contributed by atoms with Crippen LogP contribution in [0.15, 0.2) is 30.5 Å². The second kappa shape index (κ2) is 2.14. The van der Waals surface area contributed by atoms with Crippen LogP contribution < -0.4 is 0 Å². The van der Waals surface area contributed by atoms with Gasteiger partial charge in [0.2, 0.25) is 0 Å². The van der Waals surface area contributed by atoms with Gasteiger partial charge in [0.05, 0.1) is 11.7 Å². The summed E-state index contributed by atoms with van der Waals surface area (Å²) in [6, 6.07) is 7.67. The molecule has 0 saturated heterocycles. The number of hydrogen-bond donors (Lipinski definition) is 0. The highest BCUT2D eigenvalue weighted by Gasteiger charge is 1.94. The lowest BCUT2D eigenvalue weighted by molar-refractivity contribution is 0.945. The maximum Gasteiger partial charge on any atom is 0.115 e. The minimum Gasteiger partial charge on any atom is -0.225 e. The molecule has 0 fully saturated rings. The van der Waals surface area contributed by atoms with E-state index in [1.165, 1.54) is 0 Å². The SMILES string of the molecule is C#Cc1cccc2ccnn12. The van der Waals surface area contributed by atoms with E-state index >= 15 is 0 Å². The lowest BCUT2D eigenvalue weighted by atomic mass is 10.3. The molecule has 0 aromatic carbocycles. The molecule has 0 bridgehead atoms. The molecule has 2 nitrogen and oxygen atoms in total. The molecule has 0 aliphatic rings. The van der Waals surface area contributed by atoms with E-state index in [9.17, 15) is 0 Å². The Hall–Kier alpha value is -1.75. The van der Waals surface area contributed by atoms with Crippen LogP contribution in [0.3, 0.4) is 0 Å². The van der Waals surface area contributed by atoms with Crippen molar-refractivity contribution in [3.05, 3.63) is 36.2 Å². The van der Waals surface area contributed by atoms with Gasteiger partial charge in [0.1, 0.15) is 5.69 Å². The largest absolute Gasteiger partial charge is 0.225 e. The summed E-state index contributed by atoms with van der Waals surface area (Å²) >= 11 is 0. The predicted octanol–water partition coefficient (Wildman–Crippen LogP) is 1.32. The molecule has 0 radical (unpaired) electrons. The normalized spacial score (nSPS) is 9.73. The molecule has 0 N–H and O–H groups in total. The molecule has 2 heterocycles. The molecule has 0 aliphatic heterocycles. The van der Waals surface area contributed by atoms with Crippen LogP contribution in [-0.2, 0) is 0 Å². The van der Waals surface area contributed by atoms with E-state index in [2.05, 4.69) is 11.0 Å². The van der Waals surface area contributed by atoms with Crippen molar-refractivity contribution in [3.8, 4) is 12.3 Å². The fourth-order valence-electron chi connectivity index (χ4n) is 1.06. The minimum atomic E-state index is 0.785. The van der Waals surface area contributed by atoms with E-state index in [0.29, 0.717) is 0 Å². The minimum absolute atomic E-state index is 0.785. The molecular formula is C9H6N2. The quantitative estimate of drug-likeness (QED) is 0.507. The summed E-state index contributed by atoms with van der Waals surface area (Å²) in [6.45, 7) is 0. The van der Waals surface area contributed by atoms with Crippen molar-refractivity contribution >= 4 is 5.52 Å². The third kappa shape index (κ3) is 0.786. The van der Waals surface area contributed by atoms with E-state index in [4.69, 9.17) is 6.42 Å². The van der Waals surface area contributed by atoms with E-state index in [-0.39, 0.29) is 0 Å². The summed E-state index contributed by atoms with van der Waals surface area (Å²) in [5.41, 5.74) is 1.81. The molecule has 2 aromatic rings. The summed E-state index contributed by atoms with van der Waals surface area (Å²) in [5.74, 6) is 2.56. The number of terminal acetylenes is 1. The van der Waals surface area contributed by atoms with E-state index in [0.717, 1.165) is 11.2 Å². The Morgan fingerprint density at radius 2 is 2.27 bits per heavy atom. The van der Waals surface area contributed by atoms with Crippen LogP contribution in [0.2, 0.25) is 0 Å². The van der Waals surface area contributed by atoms with Gasteiger partial charge in [-0.25, -0.2) is 4.52 Å². The first-order chi connectivity index (χ1) is 5.42. The predicted molar refractivity (Wildman–Crippen MR) is 43.1 cm³/mol. The molecule has 0 unspecified atom stereocenters. The Morgan fingerprint density at radius 3 is 3.09 bits per heavy atom. The zero-order chi connectivity index (χ0) is 7.68. The van der Waals surface area contributed by atoms with Crippen LogP contribution in [0.25, 0.3) is 5.52 Å². The zero-order valence-corrected chi connectivity index (χ0v) is 5.86. The van der Waals surface area contributed by atoms with Gasteiger partial charge >= 0.3 is 0 Å². The lowest BCUT2D eigenvalue weighted by Gasteiger charge is -1.94. The Kier molecular flexibility index (Phi) is 1.16. The molecule has 0 aliphatic carbocycles. The van der Waals surface area contributed by atoms with E-state index in [1.807, 2.05) is 24.3 Å². The highest BCUT2D eigenvalue weighted by molar-refractivity contribution is 5.48. The highest BCUT2D eigenvalue weighted by atomic mass is 15.2. The first-order valence-corrected chi connectivity index (χ1v) is 3.31. The smallest absolute Gasteiger partial charge is 0.115 e. The summed E-state index contributed by atoms with van der Waals surface area (Å²) in [4.78, 5) is 0. The molecule has 0 atom stereocenters. The van der Waals surface area contributed by atoms with Crippen molar-refractivity contribution in [2.45, 2.75) is 0 Å². The molecule has 2 heteroatoms. The van der Waals surface area contributed by atoms with Crippen molar-refractivity contribution in [1.82, 2.24) is 9.61 Å². The van der Waals surface area contributed by atoms with E-state index in [1.54, 1.807) is 10.7 Å². The molecule has 2 aromatic heterocycles. The summed E-state index contributed by atoms with van der Waals surface area (Å²) in [5, 5.41) is 4.06. The van der Waals surface area contributed by atoms with Gasteiger partial charge in [-0.1, -0.05) is 12.0 Å². The van der Waals surface area contributed by atoms with Crippen molar-refractivity contribution in [2.24, 2.45) is 0 Å². The number of pyridine rings is 1. The van der Waals surface area contributed by atoms with Gasteiger partial charge in [-0.05, 0) is 18.2 Å². The highest BCUT2D eigenvalue weighted by Crippen LogP contribution is 2.04. The first kappa shape index (κ1) is 5.99. The van der Waals surface area contributed by atoms with Gasteiger partial charge in [0.15, 0.2) is 0 Å². The average molecular weight is 142 g/mol. The summed E-state index contributed by atoms with van der Waals surface area (Å²) in [7, 11) is 0. The standard InChI is InChI=1S/C9H6N2/c1-2-8-4-3-5-9-6-7-10-11(8)9/h1,3-7H. The molecule has 2 rings (SSSR count). The zero-order valence-electron chi connectivity index (χ0n) is 5.86. The van der Waals surface area contributed by atoms with Crippen LogP contribution in [-0.4, -0.2) is 9.61 Å². The molecule has 0 spiro atoms. The van der Waals surface area contributed by atoms with Crippen LogP contribution in [0.4, 0.5) is 0 Å². The number of hydrogen-bond acceptors (Lipinski definition) is 1. The molecule has 52 valence electrons. The summed E-state index contributed by atoms with van der Waals surface area (Å²) < 4.78 is 1.74. The molecule has 0 amide bonds. The Bertz CT molecular complexity index is 420. The lowest BCUT2D eigenvalue weighted by Crippen LogP contribution is -1.91. The van der Waals surface area contributed by atoms with Gasteiger partial charge in [-0.3, -0.25) is 0 Å². The van der Waals surface area contributed by atoms with Crippen molar-refractivity contribution in [3.63, 3.8) is 0 Å². The maximum absolute atomic E-state index is 5.26. The van der Waals surface area contributed by atoms with Crippen LogP contribution in [0.1, 0.15) is 5.69 Å². The fourth-order valence-corrected chi connectivity index (χ4v) is 1.06. The van der Waals surface area contributed by atoms with Crippen LogP contribution in [0, 0.1) is 12.3 Å². The Morgan fingerprint density at radius 1 is 1.36 bits per heavy atom. The Labute approximate surface area is 64.5 Å². The molecule has 11 heavy (non-hydrogen) atoms. The number of rotatable bonds is 0. The van der Waals surface area contributed by atoms with Gasteiger partial charge in [-0.2, -0.15) is 5.10 Å². The van der Waals surface area contributed by atoms with Gasteiger partial charge in [0, 0.05) is 0 Å². The van der Waals surface area contributed by atoms with Crippen molar-refractivity contribution in [1.29, 1.82) is 0 Å². The average Bonchev–Trinajstić information content (AvgIpc) is 2.50. The molecule has 0 saturated carbocycles. The monoisotopic (exact) mass is 142 g/mol. The topological polar surface area (TPSA) is 17.3 Å². The maximum atomic E-state index is 5.26. The van der Waals surface area contributed by atoms with E-state index < -0.39 is 0 Å². The summed E-state index contributed by atoms with van der Waals surface area (Å²) in [6.07, 6.45) is 7.00. The second-order valence-corrected chi connectivity index (χ2v) is 2.22. The van der Waals surface area contributed by atoms with Gasteiger partial charge in [-0.15, -0.1) is 6.42 Å². The van der Waals surface area contributed by atoms with Crippen molar-refractivity contribution in [2.75, 3.05) is 0 Å². The van der Waals surface area contributed by atoms with Gasteiger partial charge in [0.25, 0.3) is 0 Å². The van der Waals surface area contributed by atoms with Crippen LogP contribution in [0.5, 0.6) is 0 Å². The number of nitrogens with zero attached hydrogens (tertiary/aromatic N) is 2.